The van der Waals surface area contributed by atoms with Crippen molar-refractivity contribution in [1.29, 1.82) is 0 Å². The lowest BCUT2D eigenvalue weighted by Gasteiger charge is -2.37. The van der Waals surface area contributed by atoms with Gasteiger partial charge in [0.15, 0.2) is 0 Å². The van der Waals surface area contributed by atoms with E-state index in [0.29, 0.717) is 19.1 Å². The van der Waals surface area contributed by atoms with E-state index in [1.165, 1.54) is 19.3 Å². The average molecular weight is 400 g/mol. The van der Waals surface area contributed by atoms with Crippen molar-refractivity contribution < 1.29 is 14.3 Å². The maximum Gasteiger partial charge on any atom is 0.317 e. The molecule has 2 saturated heterocycles. The highest BCUT2D eigenvalue weighted by Gasteiger charge is 2.29. The van der Waals surface area contributed by atoms with Crippen LogP contribution in [0.5, 0.6) is 0 Å². The predicted molar refractivity (Wildman–Crippen MR) is 113 cm³/mol. The number of benzene rings is 1. The van der Waals surface area contributed by atoms with E-state index < -0.39 is 0 Å². The maximum atomic E-state index is 12.8. The molecule has 3 amide bonds. The highest BCUT2D eigenvalue weighted by Crippen LogP contribution is 2.27. The minimum absolute atomic E-state index is 0.0188. The molecule has 6 nitrogen and oxygen atoms in total. The fraction of sp³-hybridized carbons (Fsp3) is 0.652. The summed E-state index contributed by atoms with van der Waals surface area (Å²) in [5, 5.41) is 3.13. The van der Waals surface area contributed by atoms with Gasteiger partial charge in [0.1, 0.15) is 0 Å². The van der Waals surface area contributed by atoms with Gasteiger partial charge in [-0.15, -0.1) is 0 Å². The first-order valence-corrected chi connectivity index (χ1v) is 11.2. The quantitative estimate of drug-likeness (QED) is 0.814. The van der Waals surface area contributed by atoms with Crippen LogP contribution in [-0.2, 0) is 9.53 Å². The minimum atomic E-state index is -0.0819. The molecule has 2 aliphatic heterocycles. The van der Waals surface area contributed by atoms with Gasteiger partial charge in [-0.05, 0) is 69.6 Å². The molecular formula is C23H33N3O3. The van der Waals surface area contributed by atoms with Crippen LogP contribution in [0.25, 0.3) is 0 Å². The molecule has 0 bridgehead atoms. The van der Waals surface area contributed by atoms with Crippen LogP contribution in [0.4, 0.5) is 10.5 Å². The zero-order valence-corrected chi connectivity index (χ0v) is 17.4. The number of nitrogens with one attached hydrogen (secondary N) is 1. The number of hydrogen-bond donors (Lipinski definition) is 1. The summed E-state index contributed by atoms with van der Waals surface area (Å²) in [5.41, 5.74) is 2.00. The summed E-state index contributed by atoms with van der Waals surface area (Å²) < 4.78 is 6.12. The Balaban J connectivity index is 1.30. The van der Waals surface area contributed by atoms with Crippen molar-refractivity contribution in [3.63, 3.8) is 0 Å². The van der Waals surface area contributed by atoms with E-state index >= 15 is 0 Å². The second-order valence-electron chi connectivity index (χ2n) is 8.66. The third kappa shape index (κ3) is 4.92. The number of amides is 3. The Labute approximate surface area is 173 Å². The van der Waals surface area contributed by atoms with Crippen molar-refractivity contribution in [1.82, 2.24) is 10.2 Å². The Morgan fingerprint density at radius 1 is 1.03 bits per heavy atom. The SMILES string of the molecule is CC(NC(=O)N1CCCC(OC2CCC2)C1)c1ccc(N2CCCCC2=O)cc1. The molecule has 0 aromatic heterocycles. The van der Waals surface area contributed by atoms with E-state index in [1.807, 2.05) is 41.0 Å². The van der Waals surface area contributed by atoms with Crippen molar-refractivity contribution in [2.75, 3.05) is 24.5 Å². The fourth-order valence-electron chi connectivity index (χ4n) is 4.39. The lowest BCUT2D eigenvalue weighted by atomic mass is 9.95. The Bertz CT molecular complexity index is 717. The summed E-state index contributed by atoms with van der Waals surface area (Å²) in [5.74, 6) is 0.203. The van der Waals surface area contributed by atoms with Crippen LogP contribution >= 0.6 is 0 Å². The average Bonchev–Trinajstić information content (AvgIpc) is 2.71. The lowest BCUT2D eigenvalue weighted by molar-refractivity contribution is -0.119. The number of hydrogen-bond acceptors (Lipinski definition) is 3. The minimum Gasteiger partial charge on any atom is -0.373 e. The van der Waals surface area contributed by atoms with Crippen molar-refractivity contribution in [3.8, 4) is 0 Å². The van der Waals surface area contributed by atoms with Crippen LogP contribution in [0.2, 0.25) is 0 Å². The van der Waals surface area contributed by atoms with Crippen molar-refractivity contribution >= 4 is 17.6 Å². The first-order chi connectivity index (χ1) is 14.1. The van der Waals surface area contributed by atoms with Gasteiger partial charge in [0.25, 0.3) is 0 Å². The Morgan fingerprint density at radius 2 is 1.79 bits per heavy atom. The van der Waals surface area contributed by atoms with Crippen molar-refractivity contribution in [3.05, 3.63) is 29.8 Å². The Hall–Kier alpha value is -2.08. The van der Waals surface area contributed by atoms with E-state index in [0.717, 1.165) is 50.0 Å². The van der Waals surface area contributed by atoms with Crippen molar-refractivity contribution in [2.45, 2.75) is 76.5 Å². The number of carbonyl (C=O) groups is 2. The van der Waals surface area contributed by atoms with Gasteiger partial charge in [0, 0.05) is 31.7 Å². The normalized spacial score (nSPS) is 24.2. The number of anilines is 1. The summed E-state index contributed by atoms with van der Waals surface area (Å²) in [6, 6.07) is 7.91. The molecule has 3 fully saturated rings. The van der Waals surface area contributed by atoms with E-state index in [9.17, 15) is 9.59 Å². The molecule has 4 rings (SSSR count). The third-order valence-corrected chi connectivity index (χ3v) is 6.47. The van der Waals surface area contributed by atoms with Crippen LogP contribution in [0.3, 0.4) is 0 Å². The topological polar surface area (TPSA) is 61.9 Å². The van der Waals surface area contributed by atoms with E-state index in [2.05, 4.69) is 5.32 Å². The number of piperidine rings is 2. The van der Waals surface area contributed by atoms with E-state index in [-0.39, 0.29) is 24.1 Å². The molecule has 1 aliphatic carbocycles. The smallest absolute Gasteiger partial charge is 0.317 e. The number of nitrogens with zero attached hydrogens (tertiary/aromatic N) is 2. The maximum absolute atomic E-state index is 12.8. The van der Waals surface area contributed by atoms with Gasteiger partial charge in [-0.25, -0.2) is 4.79 Å². The molecule has 2 unspecified atom stereocenters. The van der Waals surface area contributed by atoms with Crippen LogP contribution in [-0.4, -0.2) is 48.7 Å². The first kappa shape index (κ1) is 20.2. The first-order valence-electron chi connectivity index (χ1n) is 11.2. The van der Waals surface area contributed by atoms with Gasteiger partial charge in [-0.1, -0.05) is 12.1 Å². The van der Waals surface area contributed by atoms with Gasteiger partial charge in [0.05, 0.1) is 18.2 Å². The molecule has 0 radical (unpaired) electrons. The standard InChI is InChI=1S/C23H33N3O3/c1-17(18-10-12-19(13-11-18)26-15-3-2-9-22(26)27)24-23(28)25-14-5-8-21(16-25)29-20-6-4-7-20/h10-13,17,20-21H,2-9,14-16H2,1H3,(H,24,28). The number of likely N-dealkylation sites (tertiary alicyclic amines) is 1. The Morgan fingerprint density at radius 3 is 2.48 bits per heavy atom. The third-order valence-electron chi connectivity index (χ3n) is 6.47. The van der Waals surface area contributed by atoms with Crippen molar-refractivity contribution in [2.24, 2.45) is 0 Å². The summed E-state index contributed by atoms with van der Waals surface area (Å²) >= 11 is 0. The summed E-state index contributed by atoms with van der Waals surface area (Å²) in [6.07, 6.45) is 8.91. The number of urea groups is 1. The summed E-state index contributed by atoms with van der Waals surface area (Å²) in [7, 11) is 0. The molecule has 0 spiro atoms. The van der Waals surface area contributed by atoms with Gasteiger partial charge in [-0.2, -0.15) is 0 Å². The molecule has 2 atom stereocenters. The van der Waals surface area contributed by atoms with Gasteiger partial charge >= 0.3 is 6.03 Å². The molecule has 6 heteroatoms. The van der Waals surface area contributed by atoms with Gasteiger partial charge in [-0.3, -0.25) is 4.79 Å². The zero-order valence-electron chi connectivity index (χ0n) is 17.4. The summed E-state index contributed by atoms with van der Waals surface area (Å²) in [6.45, 7) is 4.28. The molecule has 1 N–H and O–H groups in total. The van der Waals surface area contributed by atoms with E-state index in [4.69, 9.17) is 4.74 Å². The molecule has 3 aliphatic rings. The van der Waals surface area contributed by atoms with Crippen LogP contribution in [0.1, 0.15) is 69.9 Å². The number of rotatable bonds is 5. The van der Waals surface area contributed by atoms with Crippen LogP contribution in [0, 0.1) is 0 Å². The predicted octanol–water partition coefficient (Wildman–Crippen LogP) is 4.01. The zero-order chi connectivity index (χ0) is 20.2. The molecule has 1 aromatic rings. The molecule has 1 aromatic carbocycles. The molecule has 158 valence electrons. The molecule has 1 saturated carbocycles. The largest absolute Gasteiger partial charge is 0.373 e. The van der Waals surface area contributed by atoms with Crippen LogP contribution in [0.15, 0.2) is 24.3 Å². The highest BCUT2D eigenvalue weighted by molar-refractivity contribution is 5.93. The molecular weight excluding hydrogens is 366 g/mol. The number of ether oxygens (including phenoxy) is 1. The van der Waals surface area contributed by atoms with E-state index in [1.54, 1.807) is 0 Å². The monoisotopic (exact) mass is 399 g/mol. The van der Waals surface area contributed by atoms with Crippen LogP contribution < -0.4 is 10.2 Å². The summed E-state index contributed by atoms with van der Waals surface area (Å²) in [4.78, 5) is 28.6. The molecule has 2 heterocycles. The van der Waals surface area contributed by atoms with Gasteiger partial charge < -0.3 is 19.9 Å². The second-order valence-corrected chi connectivity index (χ2v) is 8.66. The Kier molecular flexibility index (Phi) is 6.38. The lowest BCUT2D eigenvalue weighted by Crippen LogP contribution is -2.49. The number of carbonyl (C=O) groups excluding carboxylic acids is 2. The highest BCUT2D eigenvalue weighted by atomic mass is 16.5. The molecule has 29 heavy (non-hydrogen) atoms. The van der Waals surface area contributed by atoms with Gasteiger partial charge in [0.2, 0.25) is 5.91 Å². The second kappa shape index (κ2) is 9.16. The fourth-order valence-corrected chi connectivity index (χ4v) is 4.39.